The Labute approximate surface area is 65.6 Å². The molecule has 3 N–H and O–H groups in total. The third-order valence-corrected chi connectivity index (χ3v) is 2.18. The van der Waals surface area contributed by atoms with E-state index in [1.54, 1.807) is 0 Å². The van der Waals surface area contributed by atoms with Crippen LogP contribution in [-0.4, -0.2) is 5.54 Å². The van der Waals surface area contributed by atoms with Crippen LogP contribution in [0.25, 0.3) is 0 Å². The maximum absolute atomic E-state index is 8.48. The van der Waals surface area contributed by atoms with Gasteiger partial charge in [0.1, 0.15) is 0 Å². The Hall–Kier alpha value is -1.10. The highest BCUT2D eigenvalue weighted by Gasteiger charge is 2.43. The molecule has 0 unspecified atom stereocenters. The van der Waals surface area contributed by atoms with Gasteiger partial charge in [0.25, 0.3) is 0 Å². The molecule has 0 saturated heterocycles. The number of nitrogens with zero attached hydrogens (tertiary/aromatic N) is 2. The van der Waals surface area contributed by atoms with E-state index in [4.69, 9.17) is 16.4 Å². The van der Waals surface area contributed by atoms with Gasteiger partial charge in [-0.1, -0.05) is 0 Å². The van der Waals surface area contributed by atoms with Gasteiger partial charge in [0, 0.05) is 11.5 Å². The fourth-order valence-electron chi connectivity index (χ4n) is 1.44. The van der Waals surface area contributed by atoms with Crippen LogP contribution in [0.5, 0.6) is 0 Å². The average molecular weight is 150 g/mol. The molecule has 4 nitrogen and oxygen atoms in total. The Kier molecular flexibility index (Phi) is 2.09. The summed E-state index contributed by atoms with van der Waals surface area (Å²) in [7, 11) is 0. The van der Waals surface area contributed by atoms with Gasteiger partial charge >= 0.3 is 0 Å². The third kappa shape index (κ3) is 1.32. The van der Waals surface area contributed by atoms with Gasteiger partial charge in [-0.25, -0.2) is 0 Å². The summed E-state index contributed by atoms with van der Waals surface area (Å²) < 4.78 is 0. The van der Waals surface area contributed by atoms with E-state index in [1.807, 2.05) is 0 Å². The molecule has 0 aromatic carbocycles. The van der Waals surface area contributed by atoms with Crippen molar-refractivity contribution in [1.29, 1.82) is 10.5 Å². The van der Waals surface area contributed by atoms with Gasteiger partial charge in [-0.15, -0.1) is 0 Å². The fourth-order valence-corrected chi connectivity index (χ4v) is 1.44. The predicted octanol–water partition coefficient (Wildman–Crippen LogP) is 0.0358. The summed E-state index contributed by atoms with van der Waals surface area (Å²) in [6, 6.07) is 4.20. The minimum absolute atomic E-state index is 0.0828. The van der Waals surface area contributed by atoms with E-state index in [9.17, 15) is 0 Å². The number of nitrogens with one attached hydrogen (secondary N) is 1. The van der Waals surface area contributed by atoms with Gasteiger partial charge in [-0.3, -0.25) is 11.3 Å². The lowest BCUT2D eigenvalue weighted by Gasteiger charge is -2.42. The summed E-state index contributed by atoms with van der Waals surface area (Å²) in [5.74, 6) is 5.34. The molecule has 0 heterocycles. The Balaban J connectivity index is 2.46. The number of rotatable bonds is 2. The summed E-state index contributed by atoms with van der Waals surface area (Å²) in [6.07, 6.45) is 1.79. The maximum Gasteiger partial charge on any atom is 0.0657 e. The van der Waals surface area contributed by atoms with Gasteiger partial charge in [-0.05, 0) is 12.8 Å². The molecule has 11 heavy (non-hydrogen) atoms. The van der Waals surface area contributed by atoms with Crippen molar-refractivity contribution < 1.29 is 0 Å². The predicted molar refractivity (Wildman–Crippen MR) is 38.6 cm³/mol. The molecule has 1 saturated carbocycles. The monoisotopic (exact) mass is 150 g/mol. The molecule has 0 spiro atoms. The molecule has 0 aromatic heterocycles. The Morgan fingerprint density at radius 2 is 2.18 bits per heavy atom. The lowest BCUT2D eigenvalue weighted by atomic mass is 9.68. The molecule has 0 aliphatic heterocycles. The summed E-state index contributed by atoms with van der Waals surface area (Å²) in [5, 5.41) is 16.9. The van der Waals surface area contributed by atoms with Crippen LogP contribution < -0.4 is 11.3 Å². The summed E-state index contributed by atoms with van der Waals surface area (Å²) in [6.45, 7) is 0. The first-order chi connectivity index (χ1) is 5.26. The smallest absolute Gasteiger partial charge is 0.0657 e. The first kappa shape index (κ1) is 8.00. The van der Waals surface area contributed by atoms with Crippen LogP contribution in [0.2, 0.25) is 0 Å². The van der Waals surface area contributed by atoms with Crippen LogP contribution >= 0.6 is 0 Å². The molecule has 1 aliphatic carbocycles. The molecule has 0 amide bonds. The van der Waals surface area contributed by atoms with Crippen molar-refractivity contribution in [2.45, 2.75) is 24.8 Å². The van der Waals surface area contributed by atoms with Crippen molar-refractivity contribution >= 4 is 0 Å². The minimum atomic E-state index is -0.269. The van der Waals surface area contributed by atoms with Crippen LogP contribution in [0.1, 0.15) is 19.3 Å². The highest BCUT2D eigenvalue weighted by atomic mass is 15.3. The molecule has 58 valence electrons. The molecule has 1 fully saturated rings. The first-order valence-electron chi connectivity index (χ1n) is 3.51. The molecule has 1 aliphatic rings. The van der Waals surface area contributed by atoms with Crippen LogP contribution in [0, 0.1) is 28.6 Å². The zero-order chi connectivity index (χ0) is 8.32. The van der Waals surface area contributed by atoms with E-state index in [1.165, 1.54) is 0 Å². The standard InChI is InChI=1S/C7H10N4/c8-2-1-7(11-10)3-6(4-7)5-9/h6,11H,1,3-4,10H2. The second-order valence-corrected chi connectivity index (χ2v) is 2.99. The van der Waals surface area contributed by atoms with E-state index in [0.717, 1.165) is 0 Å². The fraction of sp³-hybridized carbons (Fsp3) is 0.714. The second kappa shape index (κ2) is 2.87. The normalized spacial score (nSPS) is 35.0. The molecule has 0 bridgehead atoms. The van der Waals surface area contributed by atoms with Crippen molar-refractivity contribution in [3.8, 4) is 12.1 Å². The molecule has 0 atom stereocenters. The molecule has 0 aromatic rings. The van der Waals surface area contributed by atoms with Crippen molar-refractivity contribution in [1.82, 2.24) is 5.43 Å². The van der Waals surface area contributed by atoms with Gasteiger partial charge in [-0.2, -0.15) is 10.5 Å². The lowest BCUT2D eigenvalue weighted by Crippen LogP contribution is -2.57. The van der Waals surface area contributed by atoms with Crippen LogP contribution in [0.4, 0.5) is 0 Å². The van der Waals surface area contributed by atoms with Gasteiger partial charge < -0.3 is 0 Å². The second-order valence-electron chi connectivity index (χ2n) is 2.99. The summed E-state index contributed by atoms with van der Waals surface area (Å²) in [5.41, 5.74) is 2.34. The van der Waals surface area contributed by atoms with E-state index < -0.39 is 0 Å². The van der Waals surface area contributed by atoms with Crippen LogP contribution in [0.15, 0.2) is 0 Å². The molecule has 4 heteroatoms. The Bertz CT molecular complexity index is 216. The summed E-state index contributed by atoms with van der Waals surface area (Å²) in [4.78, 5) is 0. The molecule has 1 rings (SSSR count). The van der Waals surface area contributed by atoms with Crippen molar-refractivity contribution in [2.24, 2.45) is 11.8 Å². The quantitative estimate of drug-likeness (QED) is 0.429. The van der Waals surface area contributed by atoms with Crippen molar-refractivity contribution in [3.63, 3.8) is 0 Å². The summed E-state index contributed by atoms with van der Waals surface area (Å²) >= 11 is 0. The zero-order valence-electron chi connectivity index (χ0n) is 6.17. The highest BCUT2D eigenvalue weighted by Crippen LogP contribution is 2.38. The van der Waals surface area contributed by atoms with E-state index in [0.29, 0.717) is 19.3 Å². The topological polar surface area (TPSA) is 85.6 Å². The number of nitrogens with two attached hydrogens (primary N) is 1. The number of hydrazine groups is 1. The van der Waals surface area contributed by atoms with Crippen LogP contribution in [0.3, 0.4) is 0 Å². The van der Waals surface area contributed by atoms with E-state index in [2.05, 4.69) is 17.6 Å². The molecule has 0 radical (unpaired) electrons. The maximum atomic E-state index is 8.48. The highest BCUT2D eigenvalue weighted by molar-refractivity contribution is 5.10. The van der Waals surface area contributed by atoms with Crippen molar-refractivity contribution in [2.75, 3.05) is 0 Å². The number of hydrogen-bond acceptors (Lipinski definition) is 4. The SMILES string of the molecule is N#CCC1(NN)CC(C#N)C1. The van der Waals surface area contributed by atoms with E-state index in [-0.39, 0.29) is 11.5 Å². The molecular weight excluding hydrogens is 140 g/mol. The largest absolute Gasteiger partial charge is 0.271 e. The number of hydrogen-bond donors (Lipinski definition) is 2. The van der Waals surface area contributed by atoms with Crippen LogP contribution in [-0.2, 0) is 0 Å². The van der Waals surface area contributed by atoms with E-state index >= 15 is 0 Å². The van der Waals surface area contributed by atoms with Gasteiger partial charge in [0.05, 0.1) is 18.6 Å². The number of nitriles is 2. The van der Waals surface area contributed by atoms with Crippen molar-refractivity contribution in [3.05, 3.63) is 0 Å². The minimum Gasteiger partial charge on any atom is -0.271 e. The Morgan fingerprint density at radius 1 is 1.55 bits per heavy atom. The third-order valence-electron chi connectivity index (χ3n) is 2.18. The zero-order valence-corrected chi connectivity index (χ0v) is 6.17. The lowest BCUT2D eigenvalue weighted by molar-refractivity contribution is 0.144. The average Bonchev–Trinajstić information content (AvgIpc) is 1.96. The Morgan fingerprint density at radius 3 is 2.55 bits per heavy atom. The first-order valence-corrected chi connectivity index (χ1v) is 3.51. The molecular formula is C7H10N4. The van der Waals surface area contributed by atoms with Gasteiger partial charge in [0.15, 0.2) is 0 Å². The van der Waals surface area contributed by atoms with Gasteiger partial charge in [0.2, 0.25) is 0 Å².